The minimum Gasteiger partial charge on any atom is -0.470 e. The Bertz CT molecular complexity index is 257. The standard InChI is InChI=1S/C11H22O4Si/c1-8-10(12)14-16(7,13-9(2)3)15-11(4,5)6/h8-9H,1H2,2-7H3. The Morgan fingerprint density at radius 3 is 2.19 bits per heavy atom. The Labute approximate surface area is 99.0 Å². The topological polar surface area (TPSA) is 44.8 Å². The van der Waals surface area contributed by atoms with Crippen molar-refractivity contribution in [2.45, 2.75) is 52.9 Å². The van der Waals surface area contributed by atoms with Gasteiger partial charge in [0.05, 0.1) is 5.60 Å². The van der Waals surface area contributed by atoms with Crippen molar-refractivity contribution in [1.29, 1.82) is 0 Å². The lowest BCUT2D eigenvalue weighted by Gasteiger charge is -2.33. The Morgan fingerprint density at radius 2 is 1.88 bits per heavy atom. The maximum absolute atomic E-state index is 11.2. The summed E-state index contributed by atoms with van der Waals surface area (Å²) in [6.45, 7) is 14.5. The second kappa shape index (κ2) is 5.61. The molecule has 1 unspecified atom stereocenters. The van der Waals surface area contributed by atoms with Gasteiger partial charge in [-0.05, 0) is 34.6 Å². The van der Waals surface area contributed by atoms with Crippen LogP contribution < -0.4 is 0 Å². The quantitative estimate of drug-likeness (QED) is 0.552. The predicted octanol–water partition coefficient (Wildman–Crippen LogP) is 2.52. The fraction of sp³-hybridized carbons (Fsp3) is 0.727. The molecular formula is C11H22O4Si. The molecule has 0 aromatic rings. The highest BCUT2D eigenvalue weighted by atomic mass is 28.4. The Kier molecular flexibility index (Phi) is 5.38. The third kappa shape index (κ3) is 6.76. The van der Waals surface area contributed by atoms with Crippen molar-refractivity contribution in [2.24, 2.45) is 0 Å². The molecule has 0 saturated carbocycles. The van der Waals surface area contributed by atoms with Gasteiger partial charge in [0.15, 0.2) is 0 Å². The van der Waals surface area contributed by atoms with Crippen molar-refractivity contribution < 1.29 is 18.1 Å². The van der Waals surface area contributed by atoms with E-state index in [9.17, 15) is 4.79 Å². The molecule has 4 nitrogen and oxygen atoms in total. The first-order chi connectivity index (χ1) is 7.08. The van der Waals surface area contributed by atoms with Crippen LogP contribution >= 0.6 is 0 Å². The van der Waals surface area contributed by atoms with Crippen LogP contribution in [0.4, 0.5) is 0 Å². The molecule has 0 aromatic heterocycles. The monoisotopic (exact) mass is 246 g/mol. The van der Waals surface area contributed by atoms with E-state index in [-0.39, 0.29) is 6.10 Å². The number of hydrogen-bond acceptors (Lipinski definition) is 4. The molecule has 0 heterocycles. The van der Waals surface area contributed by atoms with Gasteiger partial charge in [-0.15, -0.1) is 0 Å². The van der Waals surface area contributed by atoms with Crippen LogP contribution in [0.2, 0.25) is 6.55 Å². The SMILES string of the molecule is C=CC(=O)O[Si](C)(OC(C)C)OC(C)(C)C. The first-order valence-corrected chi connectivity index (χ1v) is 7.54. The molecular weight excluding hydrogens is 224 g/mol. The second-order valence-electron chi connectivity index (χ2n) is 4.87. The lowest BCUT2D eigenvalue weighted by molar-refractivity contribution is -0.135. The zero-order valence-electron chi connectivity index (χ0n) is 11.0. The third-order valence-electron chi connectivity index (χ3n) is 1.39. The summed E-state index contributed by atoms with van der Waals surface area (Å²) < 4.78 is 16.6. The largest absolute Gasteiger partial charge is 0.565 e. The summed E-state index contributed by atoms with van der Waals surface area (Å²) in [5, 5.41) is 0. The van der Waals surface area contributed by atoms with Gasteiger partial charge in [0, 0.05) is 18.7 Å². The van der Waals surface area contributed by atoms with Gasteiger partial charge in [0.2, 0.25) is 0 Å². The van der Waals surface area contributed by atoms with Gasteiger partial charge in [-0.2, -0.15) is 0 Å². The molecule has 0 radical (unpaired) electrons. The van der Waals surface area contributed by atoms with Gasteiger partial charge in [0.25, 0.3) is 0 Å². The Hall–Kier alpha value is -0.653. The van der Waals surface area contributed by atoms with Crippen LogP contribution in [0.15, 0.2) is 12.7 Å². The molecule has 0 fully saturated rings. The molecule has 0 rings (SSSR count). The summed E-state index contributed by atoms with van der Waals surface area (Å²) in [4.78, 5) is 11.2. The Balaban J connectivity index is 4.73. The number of carbonyl (C=O) groups is 1. The molecule has 0 aliphatic carbocycles. The zero-order valence-corrected chi connectivity index (χ0v) is 12.0. The summed E-state index contributed by atoms with van der Waals surface area (Å²) >= 11 is 0. The second-order valence-corrected chi connectivity index (χ2v) is 7.24. The molecule has 1 atom stereocenters. The van der Waals surface area contributed by atoms with E-state index in [1.54, 1.807) is 6.55 Å². The summed E-state index contributed by atoms with van der Waals surface area (Å²) in [5.74, 6) is -0.515. The summed E-state index contributed by atoms with van der Waals surface area (Å²) in [5.41, 5.74) is -0.419. The molecule has 0 aromatic carbocycles. The van der Waals surface area contributed by atoms with Crippen molar-refractivity contribution in [1.82, 2.24) is 0 Å². The molecule has 0 aliphatic heterocycles. The van der Waals surface area contributed by atoms with Crippen LogP contribution in [-0.2, 0) is 18.1 Å². The van der Waals surface area contributed by atoms with E-state index in [2.05, 4.69) is 6.58 Å². The van der Waals surface area contributed by atoms with Crippen molar-refractivity contribution in [3.05, 3.63) is 12.7 Å². The van der Waals surface area contributed by atoms with Gasteiger partial charge < -0.3 is 13.3 Å². The molecule has 94 valence electrons. The number of carbonyl (C=O) groups excluding carboxylic acids is 1. The van der Waals surface area contributed by atoms with Crippen LogP contribution in [0, 0.1) is 0 Å². The van der Waals surface area contributed by atoms with E-state index in [0.717, 1.165) is 6.08 Å². The van der Waals surface area contributed by atoms with Crippen LogP contribution in [0.5, 0.6) is 0 Å². The minimum absolute atomic E-state index is 0.0587. The highest BCUT2D eigenvalue weighted by molar-refractivity contribution is 6.61. The highest BCUT2D eigenvalue weighted by Gasteiger charge is 2.43. The molecule has 16 heavy (non-hydrogen) atoms. The highest BCUT2D eigenvalue weighted by Crippen LogP contribution is 2.20. The number of rotatable bonds is 5. The van der Waals surface area contributed by atoms with E-state index < -0.39 is 20.4 Å². The summed E-state index contributed by atoms with van der Waals surface area (Å²) in [6, 6.07) is 0. The third-order valence-corrected chi connectivity index (χ3v) is 3.85. The van der Waals surface area contributed by atoms with Crippen LogP contribution in [0.25, 0.3) is 0 Å². The van der Waals surface area contributed by atoms with E-state index in [1.807, 2.05) is 34.6 Å². The molecule has 0 N–H and O–H groups in total. The van der Waals surface area contributed by atoms with E-state index in [0.29, 0.717) is 0 Å². The molecule has 0 bridgehead atoms. The summed E-state index contributed by atoms with van der Waals surface area (Å²) in [6.07, 6.45) is 1.05. The van der Waals surface area contributed by atoms with Crippen molar-refractivity contribution >= 4 is 14.8 Å². The molecule has 0 spiro atoms. The van der Waals surface area contributed by atoms with Gasteiger partial charge in [0.1, 0.15) is 0 Å². The zero-order chi connectivity index (χ0) is 13.0. The van der Waals surface area contributed by atoms with Crippen LogP contribution in [-0.4, -0.2) is 26.5 Å². The maximum atomic E-state index is 11.2. The van der Waals surface area contributed by atoms with E-state index >= 15 is 0 Å². The van der Waals surface area contributed by atoms with E-state index in [1.165, 1.54) is 0 Å². The van der Waals surface area contributed by atoms with Crippen molar-refractivity contribution in [2.75, 3.05) is 0 Å². The van der Waals surface area contributed by atoms with Gasteiger partial charge in [-0.3, -0.25) is 0 Å². The fourth-order valence-electron chi connectivity index (χ4n) is 1.28. The normalized spacial score (nSPS) is 15.7. The average Bonchev–Trinajstić information content (AvgIpc) is 1.97. The molecule has 0 aliphatic rings. The van der Waals surface area contributed by atoms with Crippen LogP contribution in [0.1, 0.15) is 34.6 Å². The summed E-state index contributed by atoms with van der Waals surface area (Å²) in [7, 11) is -2.95. The first-order valence-electron chi connectivity index (χ1n) is 5.31. The van der Waals surface area contributed by atoms with Gasteiger partial charge in [-0.25, -0.2) is 4.79 Å². The van der Waals surface area contributed by atoms with Crippen molar-refractivity contribution in [3.8, 4) is 0 Å². The lowest BCUT2D eigenvalue weighted by Crippen LogP contribution is -2.50. The Morgan fingerprint density at radius 1 is 1.38 bits per heavy atom. The molecule has 0 saturated heterocycles. The van der Waals surface area contributed by atoms with Crippen LogP contribution in [0.3, 0.4) is 0 Å². The average molecular weight is 246 g/mol. The van der Waals surface area contributed by atoms with Gasteiger partial charge >= 0.3 is 14.8 Å². The van der Waals surface area contributed by atoms with E-state index in [4.69, 9.17) is 13.3 Å². The number of hydrogen-bond donors (Lipinski definition) is 0. The maximum Gasteiger partial charge on any atom is 0.565 e. The fourth-order valence-corrected chi connectivity index (χ4v) is 3.83. The smallest absolute Gasteiger partial charge is 0.470 e. The van der Waals surface area contributed by atoms with Crippen molar-refractivity contribution in [3.63, 3.8) is 0 Å². The van der Waals surface area contributed by atoms with Gasteiger partial charge in [-0.1, -0.05) is 6.58 Å². The lowest BCUT2D eigenvalue weighted by atomic mass is 10.2. The predicted molar refractivity (Wildman–Crippen MR) is 65.0 cm³/mol. The molecule has 5 heteroatoms. The minimum atomic E-state index is -2.95. The molecule has 0 amide bonds. The first kappa shape index (κ1) is 15.3.